The lowest BCUT2D eigenvalue weighted by Gasteiger charge is -2.14. The molecule has 0 radical (unpaired) electrons. The molecule has 0 saturated carbocycles. The smallest absolute Gasteiger partial charge is 0.261 e. The Labute approximate surface area is 155 Å². The third kappa shape index (κ3) is 4.32. The Morgan fingerprint density at radius 2 is 1.70 bits per heavy atom. The van der Waals surface area contributed by atoms with Crippen molar-refractivity contribution in [2.75, 3.05) is 16.3 Å². The Balaban J connectivity index is 1.88. The van der Waals surface area contributed by atoms with Crippen LogP contribution in [0.2, 0.25) is 0 Å². The molecule has 0 spiro atoms. The van der Waals surface area contributed by atoms with E-state index >= 15 is 0 Å². The van der Waals surface area contributed by atoms with E-state index in [0.29, 0.717) is 22.4 Å². The minimum atomic E-state index is -3.50. The second-order valence-corrected chi connectivity index (χ2v) is 7.78. The number of carbonyl (C=O) groups is 1. The Morgan fingerprint density at radius 1 is 1.07 bits per heavy atom. The second kappa shape index (κ2) is 7.20. The third-order valence-corrected chi connectivity index (χ3v) is 4.44. The summed E-state index contributed by atoms with van der Waals surface area (Å²) >= 11 is 0. The highest BCUT2D eigenvalue weighted by Crippen LogP contribution is 2.22. The minimum absolute atomic E-state index is 0.240. The Bertz CT molecular complexity index is 1190. The first-order chi connectivity index (χ1) is 12.7. The van der Waals surface area contributed by atoms with Crippen molar-refractivity contribution in [3.63, 3.8) is 0 Å². The molecule has 0 fully saturated rings. The number of nitrogens with one attached hydrogen (secondary N) is 2. The molecule has 9 heteroatoms. The number of aromatic nitrogens is 2. The summed E-state index contributed by atoms with van der Waals surface area (Å²) in [6, 6.07) is 13.3. The van der Waals surface area contributed by atoms with E-state index in [1.54, 1.807) is 49.4 Å². The molecule has 2 aromatic carbocycles. The molecule has 8 nitrogen and oxygen atoms in total. The molecular weight excluding hydrogens is 368 g/mol. The Morgan fingerprint density at radius 3 is 2.41 bits per heavy atom. The maximum absolute atomic E-state index is 12.6. The molecular formula is C18H18N4O4S. The summed E-state index contributed by atoms with van der Waals surface area (Å²) in [4.78, 5) is 29.5. The molecule has 3 aromatic rings. The molecule has 0 saturated heterocycles. The Hall–Kier alpha value is -3.20. The zero-order valence-electron chi connectivity index (χ0n) is 14.8. The lowest BCUT2D eigenvalue weighted by molar-refractivity contribution is -0.116. The molecule has 27 heavy (non-hydrogen) atoms. The van der Waals surface area contributed by atoms with Crippen LogP contribution in [0.3, 0.4) is 0 Å². The lowest BCUT2D eigenvalue weighted by atomic mass is 10.2. The highest BCUT2D eigenvalue weighted by atomic mass is 32.2. The van der Waals surface area contributed by atoms with Crippen LogP contribution in [0, 0.1) is 6.92 Å². The van der Waals surface area contributed by atoms with Gasteiger partial charge in [0.25, 0.3) is 5.56 Å². The van der Waals surface area contributed by atoms with Crippen LogP contribution in [-0.2, 0) is 21.4 Å². The molecule has 3 rings (SSSR count). The molecule has 0 atom stereocenters. The molecule has 0 unspecified atom stereocenters. The van der Waals surface area contributed by atoms with Crippen LogP contribution in [0.5, 0.6) is 0 Å². The van der Waals surface area contributed by atoms with E-state index in [1.165, 1.54) is 10.6 Å². The first-order valence-corrected chi connectivity index (χ1v) is 9.96. The van der Waals surface area contributed by atoms with Gasteiger partial charge in [0.05, 0.1) is 28.5 Å². The van der Waals surface area contributed by atoms with Crippen molar-refractivity contribution in [2.24, 2.45) is 0 Å². The third-order valence-electron chi connectivity index (χ3n) is 3.85. The number of hydrogen-bond donors (Lipinski definition) is 2. The van der Waals surface area contributed by atoms with Crippen molar-refractivity contribution in [1.29, 1.82) is 0 Å². The number of sulfonamides is 1. The number of hydrogen-bond acceptors (Lipinski definition) is 5. The number of anilines is 2. The summed E-state index contributed by atoms with van der Waals surface area (Å²) in [6.07, 6.45) is 1.02. The van der Waals surface area contributed by atoms with Gasteiger partial charge in [0.2, 0.25) is 15.9 Å². The van der Waals surface area contributed by atoms with E-state index in [4.69, 9.17) is 0 Å². The summed E-state index contributed by atoms with van der Waals surface area (Å²) in [7, 11) is -3.50. The number of para-hydroxylation sites is 3. The van der Waals surface area contributed by atoms with Crippen molar-refractivity contribution < 1.29 is 13.2 Å². The van der Waals surface area contributed by atoms with Crippen LogP contribution < -0.4 is 15.6 Å². The Kier molecular flexibility index (Phi) is 4.95. The monoisotopic (exact) mass is 386 g/mol. The average molecular weight is 386 g/mol. The molecule has 0 aliphatic heterocycles. The van der Waals surface area contributed by atoms with Gasteiger partial charge in [-0.05, 0) is 31.2 Å². The van der Waals surface area contributed by atoms with Crippen LogP contribution in [0.25, 0.3) is 10.9 Å². The van der Waals surface area contributed by atoms with Gasteiger partial charge in [0.15, 0.2) is 0 Å². The number of amides is 1. The van der Waals surface area contributed by atoms with Crippen LogP contribution in [0.1, 0.15) is 5.82 Å². The summed E-state index contributed by atoms with van der Waals surface area (Å²) in [5.41, 5.74) is 0.802. The van der Waals surface area contributed by atoms with Gasteiger partial charge in [0, 0.05) is 0 Å². The first kappa shape index (κ1) is 18.6. The van der Waals surface area contributed by atoms with Gasteiger partial charge >= 0.3 is 0 Å². The maximum atomic E-state index is 12.6. The van der Waals surface area contributed by atoms with Crippen molar-refractivity contribution in [3.05, 3.63) is 64.7 Å². The van der Waals surface area contributed by atoms with Crippen LogP contribution >= 0.6 is 0 Å². The van der Waals surface area contributed by atoms with Gasteiger partial charge in [-0.3, -0.25) is 18.9 Å². The molecule has 0 bridgehead atoms. The molecule has 1 aromatic heterocycles. The van der Waals surface area contributed by atoms with E-state index in [9.17, 15) is 18.0 Å². The molecule has 0 aliphatic rings. The van der Waals surface area contributed by atoms with Crippen molar-refractivity contribution in [2.45, 2.75) is 13.5 Å². The maximum Gasteiger partial charge on any atom is 0.261 e. The lowest BCUT2D eigenvalue weighted by Crippen LogP contribution is -2.30. The van der Waals surface area contributed by atoms with Crippen LogP contribution in [-0.4, -0.2) is 30.1 Å². The largest absolute Gasteiger partial charge is 0.323 e. The van der Waals surface area contributed by atoms with Gasteiger partial charge < -0.3 is 5.32 Å². The number of nitrogens with zero attached hydrogens (tertiary/aromatic N) is 2. The van der Waals surface area contributed by atoms with Gasteiger partial charge in [-0.15, -0.1) is 0 Å². The SMILES string of the molecule is Cc1nc2ccccc2c(=O)n1CC(=O)Nc1ccccc1NS(C)(=O)=O. The average Bonchev–Trinajstić information content (AvgIpc) is 2.59. The number of carbonyl (C=O) groups excluding carboxylic acids is 1. The van der Waals surface area contributed by atoms with E-state index in [-0.39, 0.29) is 17.8 Å². The minimum Gasteiger partial charge on any atom is -0.323 e. The van der Waals surface area contributed by atoms with Gasteiger partial charge in [0.1, 0.15) is 12.4 Å². The predicted octanol–water partition coefficient (Wildman–Crippen LogP) is 1.72. The highest BCUT2D eigenvalue weighted by molar-refractivity contribution is 7.92. The molecule has 140 valence electrons. The normalized spacial score (nSPS) is 11.3. The summed E-state index contributed by atoms with van der Waals surface area (Å²) < 4.78 is 26.6. The number of rotatable bonds is 5. The van der Waals surface area contributed by atoms with Gasteiger partial charge in [-0.2, -0.15) is 0 Å². The zero-order valence-corrected chi connectivity index (χ0v) is 15.6. The summed E-state index contributed by atoms with van der Waals surface area (Å²) in [5.74, 6) is -0.0589. The fourth-order valence-electron chi connectivity index (χ4n) is 2.68. The summed E-state index contributed by atoms with van der Waals surface area (Å²) in [6.45, 7) is 1.41. The molecule has 0 aliphatic carbocycles. The number of aryl methyl sites for hydroxylation is 1. The van der Waals surface area contributed by atoms with Crippen LogP contribution in [0.4, 0.5) is 11.4 Å². The predicted molar refractivity (Wildman–Crippen MR) is 104 cm³/mol. The molecule has 2 N–H and O–H groups in total. The fraction of sp³-hybridized carbons (Fsp3) is 0.167. The van der Waals surface area contributed by atoms with E-state index in [1.807, 2.05) is 0 Å². The quantitative estimate of drug-likeness (QED) is 0.694. The standard InChI is InChI=1S/C18H18N4O4S/c1-12-19-14-8-4-3-7-13(14)18(24)22(12)11-17(23)20-15-9-5-6-10-16(15)21-27(2,25)26/h3-10,21H,11H2,1-2H3,(H,20,23). The van der Waals surface area contributed by atoms with Crippen LogP contribution in [0.15, 0.2) is 53.3 Å². The summed E-state index contributed by atoms with van der Waals surface area (Å²) in [5, 5.41) is 3.06. The highest BCUT2D eigenvalue weighted by Gasteiger charge is 2.14. The topological polar surface area (TPSA) is 110 Å². The van der Waals surface area contributed by atoms with Gasteiger partial charge in [-0.1, -0.05) is 24.3 Å². The first-order valence-electron chi connectivity index (χ1n) is 8.07. The molecule has 1 amide bonds. The number of fused-ring (bicyclic) bond motifs is 1. The van der Waals surface area contributed by atoms with Gasteiger partial charge in [-0.25, -0.2) is 13.4 Å². The second-order valence-electron chi connectivity index (χ2n) is 6.04. The fourth-order valence-corrected chi connectivity index (χ4v) is 3.26. The number of benzene rings is 2. The van der Waals surface area contributed by atoms with Crippen molar-refractivity contribution in [3.8, 4) is 0 Å². The van der Waals surface area contributed by atoms with Crippen molar-refractivity contribution >= 4 is 38.2 Å². The molecule has 1 heterocycles. The van der Waals surface area contributed by atoms with E-state index in [0.717, 1.165) is 6.26 Å². The van der Waals surface area contributed by atoms with E-state index < -0.39 is 15.9 Å². The van der Waals surface area contributed by atoms with Crippen molar-refractivity contribution in [1.82, 2.24) is 9.55 Å². The van der Waals surface area contributed by atoms with E-state index in [2.05, 4.69) is 15.0 Å². The zero-order chi connectivity index (χ0) is 19.6.